The van der Waals surface area contributed by atoms with E-state index in [1.54, 1.807) is 0 Å². The molecule has 1 N–H and O–H groups in total. The van der Waals surface area contributed by atoms with Crippen molar-refractivity contribution in [3.05, 3.63) is 58.7 Å². The van der Waals surface area contributed by atoms with Crippen molar-refractivity contribution in [2.24, 2.45) is 0 Å². The van der Waals surface area contributed by atoms with Gasteiger partial charge in [0, 0.05) is 5.69 Å². The second-order valence-electron chi connectivity index (χ2n) is 6.66. The van der Waals surface area contributed by atoms with Crippen LogP contribution in [-0.4, -0.2) is 12.5 Å². The van der Waals surface area contributed by atoms with Crippen LogP contribution in [0.25, 0.3) is 0 Å². The standard InChI is InChI=1S/C21H27NO2/c1-14(2)19-8-6-7-17(5)21(19)22-20(23)9-10-24-18-12-15(3)11-16(4)13-18/h6-8,11-14H,9-10H2,1-5H3,(H,22,23). The Labute approximate surface area is 145 Å². The average molecular weight is 325 g/mol. The first-order chi connectivity index (χ1) is 11.4. The van der Waals surface area contributed by atoms with Crippen LogP contribution in [-0.2, 0) is 4.79 Å². The van der Waals surface area contributed by atoms with Crippen molar-refractivity contribution in [3.8, 4) is 5.75 Å². The molecule has 2 aromatic rings. The van der Waals surface area contributed by atoms with Gasteiger partial charge in [-0.3, -0.25) is 4.79 Å². The average Bonchev–Trinajstić information content (AvgIpc) is 2.48. The number of carbonyl (C=O) groups is 1. The van der Waals surface area contributed by atoms with Crippen molar-refractivity contribution >= 4 is 11.6 Å². The lowest BCUT2D eigenvalue weighted by Gasteiger charge is -2.16. The topological polar surface area (TPSA) is 38.3 Å². The molecule has 0 radical (unpaired) electrons. The molecule has 128 valence electrons. The van der Waals surface area contributed by atoms with E-state index in [1.165, 1.54) is 5.56 Å². The van der Waals surface area contributed by atoms with E-state index in [4.69, 9.17) is 4.74 Å². The molecule has 0 aliphatic rings. The van der Waals surface area contributed by atoms with Gasteiger partial charge in [-0.15, -0.1) is 0 Å². The third-order valence-corrected chi connectivity index (χ3v) is 3.98. The van der Waals surface area contributed by atoms with Gasteiger partial charge in [-0.05, 0) is 61.1 Å². The van der Waals surface area contributed by atoms with Gasteiger partial charge in [-0.2, -0.15) is 0 Å². The molecule has 0 bridgehead atoms. The van der Waals surface area contributed by atoms with Crippen LogP contribution < -0.4 is 10.1 Å². The molecular weight excluding hydrogens is 298 g/mol. The minimum Gasteiger partial charge on any atom is -0.493 e. The van der Waals surface area contributed by atoms with E-state index in [0.717, 1.165) is 28.1 Å². The van der Waals surface area contributed by atoms with Crippen molar-refractivity contribution in [2.45, 2.75) is 47.0 Å². The predicted molar refractivity (Wildman–Crippen MR) is 99.9 cm³/mol. The zero-order valence-electron chi connectivity index (χ0n) is 15.3. The summed E-state index contributed by atoms with van der Waals surface area (Å²) in [5.74, 6) is 1.17. The molecule has 3 heteroatoms. The van der Waals surface area contributed by atoms with Crippen LogP contribution >= 0.6 is 0 Å². The highest BCUT2D eigenvalue weighted by atomic mass is 16.5. The summed E-state index contributed by atoms with van der Waals surface area (Å²) >= 11 is 0. The smallest absolute Gasteiger partial charge is 0.227 e. The molecule has 0 saturated heterocycles. The molecule has 0 aromatic heterocycles. The van der Waals surface area contributed by atoms with E-state index in [2.05, 4.69) is 31.3 Å². The molecule has 2 rings (SSSR count). The Morgan fingerprint density at radius 2 is 1.75 bits per heavy atom. The summed E-state index contributed by atoms with van der Waals surface area (Å²) < 4.78 is 5.72. The zero-order chi connectivity index (χ0) is 17.7. The van der Waals surface area contributed by atoms with Crippen molar-refractivity contribution in [1.29, 1.82) is 0 Å². The Morgan fingerprint density at radius 1 is 1.08 bits per heavy atom. The number of aryl methyl sites for hydroxylation is 3. The molecule has 0 atom stereocenters. The van der Waals surface area contributed by atoms with E-state index >= 15 is 0 Å². The lowest BCUT2D eigenvalue weighted by atomic mass is 9.98. The van der Waals surface area contributed by atoms with E-state index in [9.17, 15) is 4.79 Å². The highest BCUT2D eigenvalue weighted by molar-refractivity contribution is 5.92. The number of para-hydroxylation sites is 1. The molecule has 24 heavy (non-hydrogen) atoms. The third kappa shape index (κ3) is 4.85. The van der Waals surface area contributed by atoms with Gasteiger partial charge in [0.25, 0.3) is 0 Å². The second kappa shape index (κ2) is 8.00. The highest BCUT2D eigenvalue weighted by Gasteiger charge is 2.12. The van der Waals surface area contributed by atoms with Gasteiger partial charge in [0.1, 0.15) is 5.75 Å². The maximum atomic E-state index is 12.3. The summed E-state index contributed by atoms with van der Waals surface area (Å²) in [4.78, 5) is 12.3. The normalized spacial score (nSPS) is 10.8. The molecule has 2 aromatic carbocycles. The first kappa shape index (κ1) is 18.1. The number of rotatable bonds is 6. The van der Waals surface area contributed by atoms with Crippen LogP contribution in [0, 0.1) is 20.8 Å². The van der Waals surface area contributed by atoms with Gasteiger partial charge in [-0.1, -0.05) is 38.1 Å². The fourth-order valence-corrected chi connectivity index (χ4v) is 2.82. The van der Waals surface area contributed by atoms with Crippen molar-refractivity contribution < 1.29 is 9.53 Å². The number of hydrogen-bond acceptors (Lipinski definition) is 2. The summed E-state index contributed by atoms with van der Waals surface area (Å²) in [5, 5.41) is 3.05. The summed E-state index contributed by atoms with van der Waals surface area (Å²) in [6, 6.07) is 12.2. The Hall–Kier alpha value is -2.29. The van der Waals surface area contributed by atoms with Crippen LogP contribution in [0.15, 0.2) is 36.4 Å². The number of anilines is 1. The summed E-state index contributed by atoms with van der Waals surface area (Å²) in [6.45, 7) is 10.7. The summed E-state index contributed by atoms with van der Waals surface area (Å²) in [7, 11) is 0. The van der Waals surface area contributed by atoms with E-state index < -0.39 is 0 Å². The lowest BCUT2D eigenvalue weighted by molar-refractivity contribution is -0.116. The first-order valence-electron chi connectivity index (χ1n) is 8.47. The number of hydrogen-bond donors (Lipinski definition) is 1. The zero-order valence-corrected chi connectivity index (χ0v) is 15.3. The van der Waals surface area contributed by atoms with Gasteiger partial charge in [-0.25, -0.2) is 0 Å². The van der Waals surface area contributed by atoms with Crippen molar-refractivity contribution in [1.82, 2.24) is 0 Å². The van der Waals surface area contributed by atoms with Crippen LogP contribution in [0.5, 0.6) is 5.75 Å². The third-order valence-electron chi connectivity index (χ3n) is 3.98. The monoisotopic (exact) mass is 325 g/mol. The predicted octanol–water partition coefficient (Wildman–Crippen LogP) is 5.14. The summed E-state index contributed by atoms with van der Waals surface area (Å²) in [6.07, 6.45) is 0.332. The van der Waals surface area contributed by atoms with Gasteiger partial charge >= 0.3 is 0 Å². The van der Waals surface area contributed by atoms with E-state index in [-0.39, 0.29) is 5.91 Å². The fourth-order valence-electron chi connectivity index (χ4n) is 2.82. The second-order valence-corrected chi connectivity index (χ2v) is 6.66. The molecule has 3 nitrogen and oxygen atoms in total. The highest BCUT2D eigenvalue weighted by Crippen LogP contribution is 2.27. The molecule has 0 fully saturated rings. The molecule has 0 unspecified atom stereocenters. The van der Waals surface area contributed by atoms with Gasteiger partial charge < -0.3 is 10.1 Å². The molecule has 1 amide bonds. The van der Waals surface area contributed by atoms with Crippen LogP contribution in [0.2, 0.25) is 0 Å². The lowest BCUT2D eigenvalue weighted by Crippen LogP contribution is -2.17. The van der Waals surface area contributed by atoms with Crippen LogP contribution in [0.1, 0.15) is 48.4 Å². The minimum absolute atomic E-state index is 0.0180. The number of amides is 1. The van der Waals surface area contributed by atoms with Gasteiger partial charge in [0.05, 0.1) is 13.0 Å². The maximum absolute atomic E-state index is 12.3. The Bertz CT molecular complexity index is 700. The van der Waals surface area contributed by atoms with Gasteiger partial charge in [0.15, 0.2) is 0 Å². The molecule has 0 heterocycles. The molecule has 0 spiro atoms. The number of ether oxygens (including phenoxy) is 1. The Morgan fingerprint density at radius 3 is 2.38 bits per heavy atom. The van der Waals surface area contributed by atoms with E-state index in [1.807, 2.05) is 45.0 Å². The molecular formula is C21H27NO2. The number of carbonyl (C=O) groups excluding carboxylic acids is 1. The van der Waals surface area contributed by atoms with Crippen LogP contribution in [0.3, 0.4) is 0 Å². The van der Waals surface area contributed by atoms with Crippen LogP contribution in [0.4, 0.5) is 5.69 Å². The minimum atomic E-state index is -0.0180. The number of nitrogens with one attached hydrogen (secondary N) is 1. The Balaban J connectivity index is 1.94. The number of benzene rings is 2. The van der Waals surface area contributed by atoms with E-state index in [0.29, 0.717) is 18.9 Å². The maximum Gasteiger partial charge on any atom is 0.227 e. The first-order valence-corrected chi connectivity index (χ1v) is 8.47. The van der Waals surface area contributed by atoms with Crippen molar-refractivity contribution in [3.63, 3.8) is 0 Å². The van der Waals surface area contributed by atoms with Gasteiger partial charge in [0.2, 0.25) is 5.91 Å². The fraction of sp³-hybridized carbons (Fsp3) is 0.381. The molecule has 0 saturated carbocycles. The summed E-state index contributed by atoms with van der Waals surface area (Å²) in [5.41, 5.74) is 5.51. The van der Waals surface area contributed by atoms with Crippen molar-refractivity contribution in [2.75, 3.05) is 11.9 Å². The quantitative estimate of drug-likeness (QED) is 0.798. The Kier molecular flexibility index (Phi) is 6.02. The SMILES string of the molecule is Cc1cc(C)cc(OCCC(=O)Nc2c(C)cccc2C(C)C)c1. The molecule has 0 aliphatic heterocycles. The molecule has 0 aliphatic carbocycles. The largest absolute Gasteiger partial charge is 0.493 e.